The molecule has 2 amide bonds. The van der Waals surface area contributed by atoms with Crippen LogP contribution in [0.1, 0.15) is 39.7 Å². The van der Waals surface area contributed by atoms with Crippen LogP contribution in [0.2, 0.25) is 15.1 Å². The number of rotatable bonds is 8. The molecular weight excluding hydrogens is 539 g/mol. The summed E-state index contributed by atoms with van der Waals surface area (Å²) in [5, 5.41) is 4.23. The first-order valence-electron chi connectivity index (χ1n) is 10.0. The molecule has 1 atom stereocenters. The number of ether oxygens (including phenoxy) is 1. The van der Waals surface area contributed by atoms with Gasteiger partial charge in [-0.05, 0) is 63.1 Å². The molecule has 0 fully saturated rings. The normalized spacial score (nSPS) is 12.2. The van der Waals surface area contributed by atoms with Crippen LogP contribution >= 0.6 is 50.7 Å². The van der Waals surface area contributed by atoms with Crippen molar-refractivity contribution in [2.45, 2.75) is 52.2 Å². The molecule has 0 spiro atoms. The second kappa shape index (κ2) is 11.6. The van der Waals surface area contributed by atoms with E-state index in [0.29, 0.717) is 32.8 Å². The Balaban J connectivity index is 2.30. The van der Waals surface area contributed by atoms with Crippen LogP contribution < -0.4 is 10.1 Å². The Kier molecular flexibility index (Phi) is 9.70. The molecule has 0 aliphatic heterocycles. The molecule has 32 heavy (non-hydrogen) atoms. The van der Waals surface area contributed by atoms with E-state index < -0.39 is 11.6 Å². The van der Waals surface area contributed by atoms with Gasteiger partial charge in [0.15, 0.2) is 6.61 Å². The third kappa shape index (κ3) is 7.84. The number of halogens is 4. The molecule has 0 saturated carbocycles. The Bertz CT molecular complexity index is 979. The molecule has 0 aliphatic carbocycles. The van der Waals surface area contributed by atoms with E-state index in [0.717, 1.165) is 4.47 Å². The fourth-order valence-electron chi connectivity index (χ4n) is 3.02. The van der Waals surface area contributed by atoms with Crippen molar-refractivity contribution < 1.29 is 14.3 Å². The second-order valence-electron chi connectivity index (χ2n) is 8.28. The van der Waals surface area contributed by atoms with Gasteiger partial charge in [0.25, 0.3) is 5.91 Å². The highest BCUT2D eigenvalue weighted by molar-refractivity contribution is 9.10. The first kappa shape index (κ1) is 26.8. The van der Waals surface area contributed by atoms with E-state index in [1.54, 1.807) is 36.4 Å². The Morgan fingerprint density at radius 3 is 2.34 bits per heavy atom. The molecular formula is C23H26BrCl3N2O3. The van der Waals surface area contributed by atoms with Gasteiger partial charge >= 0.3 is 0 Å². The number of nitrogens with one attached hydrogen (secondary N) is 1. The first-order chi connectivity index (χ1) is 14.9. The maximum Gasteiger partial charge on any atom is 0.261 e. The molecule has 0 aliphatic rings. The van der Waals surface area contributed by atoms with Crippen molar-refractivity contribution in [2.75, 3.05) is 6.61 Å². The van der Waals surface area contributed by atoms with Gasteiger partial charge in [-0.2, -0.15) is 0 Å². The largest absolute Gasteiger partial charge is 0.482 e. The number of hydrogen-bond donors (Lipinski definition) is 1. The zero-order chi connectivity index (χ0) is 24.1. The lowest BCUT2D eigenvalue weighted by molar-refractivity contribution is -0.143. The summed E-state index contributed by atoms with van der Waals surface area (Å²) in [5.74, 6) is -0.245. The van der Waals surface area contributed by atoms with E-state index in [9.17, 15) is 9.59 Å². The van der Waals surface area contributed by atoms with Crippen LogP contribution in [0.5, 0.6) is 5.75 Å². The Morgan fingerprint density at radius 1 is 1.09 bits per heavy atom. The van der Waals surface area contributed by atoms with Gasteiger partial charge in [0.1, 0.15) is 11.8 Å². The summed E-state index contributed by atoms with van der Waals surface area (Å²) in [6.45, 7) is 7.35. The van der Waals surface area contributed by atoms with Gasteiger partial charge in [-0.1, -0.05) is 63.7 Å². The molecule has 2 rings (SSSR count). The van der Waals surface area contributed by atoms with Gasteiger partial charge in [-0.15, -0.1) is 0 Å². The second-order valence-corrected chi connectivity index (χ2v) is 10.5. The molecule has 0 aromatic heterocycles. The zero-order valence-corrected chi connectivity index (χ0v) is 22.2. The molecule has 1 unspecified atom stereocenters. The average Bonchev–Trinajstić information content (AvgIpc) is 2.67. The lowest BCUT2D eigenvalue weighted by Gasteiger charge is -2.33. The van der Waals surface area contributed by atoms with Crippen LogP contribution in [0.3, 0.4) is 0 Å². The summed E-state index contributed by atoms with van der Waals surface area (Å²) < 4.78 is 6.46. The number of carbonyl (C=O) groups is 2. The van der Waals surface area contributed by atoms with Crippen LogP contribution in [0.15, 0.2) is 40.9 Å². The highest BCUT2D eigenvalue weighted by Crippen LogP contribution is 2.28. The van der Waals surface area contributed by atoms with Crippen molar-refractivity contribution >= 4 is 62.5 Å². The molecule has 0 radical (unpaired) electrons. The van der Waals surface area contributed by atoms with Crippen LogP contribution in [0.25, 0.3) is 0 Å². The smallest absolute Gasteiger partial charge is 0.261 e. The maximum absolute atomic E-state index is 13.2. The molecule has 5 nitrogen and oxygen atoms in total. The van der Waals surface area contributed by atoms with Crippen LogP contribution in [-0.2, 0) is 16.1 Å². The molecule has 1 N–H and O–H groups in total. The minimum Gasteiger partial charge on any atom is -0.482 e. The van der Waals surface area contributed by atoms with Crippen molar-refractivity contribution in [3.8, 4) is 5.75 Å². The lowest BCUT2D eigenvalue weighted by Crippen LogP contribution is -2.54. The summed E-state index contributed by atoms with van der Waals surface area (Å²) in [7, 11) is 0. The third-order valence-corrected chi connectivity index (χ3v) is 5.86. The first-order valence-corrected chi connectivity index (χ1v) is 12.0. The number of hydrogen-bond acceptors (Lipinski definition) is 3. The average molecular weight is 565 g/mol. The van der Waals surface area contributed by atoms with E-state index in [2.05, 4.69) is 21.2 Å². The zero-order valence-electron chi connectivity index (χ0n) is 18.3. The van der Waals surface area contributed by atoms with Crippen LogP contribution in [0, 0.1) is 0 Å². The van der Waals surface area contributed by atoms with Gasteiger partial charge in [0.05, 0.1) is 5.02 Å². The third-order valence-electron chi connectivity index (χ3n) is 4.48. The summed E-state index contributed by atoms with van der Waals surface area (Å²) in [6, 6.07) is 9.45. The predicted molar refractivity (Wildman–Crippen MR) is 134 cm³/mol. The van der Waals surface area contributed by atoms with Crippen molar-refractivity contribution in [1.29, 1.82) is 0 Å². The van der Waals surface area contributed by atoms with E-state index in [1.165, 1.54) is 4.90 Å². The van der Waals surface area contributed by atoms with Crippen LogP contribution in [0.4, 0.5) is 0 Å². The SMILES string of the molecule is CCC(C(=O)NC(C)(C)C)N(Cc1ccc(Cl)cc1Cl)C(=O)COc1ccc(Br)cc1Cl. The van der Waals surface area contributed by atoms with Gasteiger partial charge < -0.3 is 15.0 Å². The van der Waals surface area contributed by atoms with Gasteiger partial charge in [0.2, 0.25) is 5.91 Å². The monoisotopic (exact) mass is 562 g/mol. The van der Waals surface area contributed by atoms with E-state index in [1.807, 2.05) is 27.7 Å². The number of benzene rings is 2. The molecule has 2 aromatic carbocycles. The van der Waals surface area contributed by atoms with Gasteiger partial charge in [0, 0.05) is 26.6 Å². The molecule has 2 aromatic rings. The van der Waals surface area contributed by atoms with Gasteiger partial charge in [-0.3, -0.25) is 9.59 Å². The van der Waals surface area contributed by atoms with E-state index in [-0.39, 0.29) is 25.0 Å². The molecule has 9 heteroatoms. The Morgan fingerprint density at radius 2 is 1.78 bits per heavy atom. The Hall–Kier alpha value is -1.47. The predicted octanol–water partition coefficient (Wildman–Crippen LogP) is 6.51. The maximum atomic E-state index is 13.2. The molecule has 0 heterocycles. The lowest BCUT2D eigenvalue weighted by atomic mass is 10.1. The topological polar surface area (TPSA) is 58.6 Å². The fourth-order valence-corrected chi connectivity index (χ4v) is 4.22. The minimum absolute atomic E-state index is 0.127. The standard InChI is InChI=1S/C23H26BrCl3N2O3/c1-5-19(22(31)28-23(2,3)4)29(12-14-6-8-16(25)11-17(14)26)21(30)13-32-20-9-7-15(24)10-18(20)27/h6-11,19H,5,12-13H2,1-4H3,(H,28,31). The summed E-state index contributed by atoms with van der Waals surface area (Å²) in [6.07, 6.45) is 0.415. The number of nitrogens with zero attached hydrogens (tertiary/aromatic N) is 1. The van der Waals surface area contributed by atoms with Crippen molar-refractivity contribution in [1.82, 2.24) is 10.2 Å². The molecule has 174 valence electrons. The van der Waals surface area contributed by atoms with E-state index >= 15 is 0 Å². The van der Waals surface area contributed by atoms with Crippen molar-refractivity contribution in [3.63, 3.8) is 0 Å². The number of carbonyl (C=O) groups excluding carboxylic acids is 2. The van der Waals surface area contributed by atoms with Crippen LogP contribution in [-0.4, -0.2) is 34.9 Å². The Labute approximate surface area is 212 Å². The highest BCUT2D eigenvalue weighted by atomic mass is 79.9. The molecule has 0 saturated heterocycles. The van der Waals surface area contributed by atoms with Gasteiger partial charge in [-0.25, -0.2) is 0 Å². The highest BCUT2D eigenvalue weighted by Gasteiger charge is 2.31. The van der Waals surface area contributed by atoms with Crippen molar-refractivity contribution in [3.05, 3.63) is 61.5 Å². The summed E-state index contributed by atoms with van der Waals surface area (Å²) in [4.78, 5) is 27.7. The van der Waals surface area contributed by atoms with Crippen molar-refractivity contribution in [2.24, 2.45) is 0 Å². The quantitative estimate of drug-likeness (QED) is 0.398. The van der Waals surface area contributed by atoms with E-state index in [4.69, 9.17) is 39.5 Å². The molecule has 0 bridgehead atoms. The summed E-state index contributed by atoms with van der Waals surface area (Å²) >= 11 is 21.9. The fraction of sp³-hybridized carbons (Fsp3) is 0.391. The number of amides is 2. The minimum atomic E-state index is -0.711. The summed E-state index contributed by atoms with van der Waals surface area (Å²) in [5.41, 5.74) is 0.228.